The Morgan fingerprint density at radius 3 is 2.65 bits per heavy atom. The van der Waals surface area contributed by atoms with Crippen LogP contribution in [0.4, 0.5) is 5.13 Å². The van der Waals surface area contributed by atoms with Gasteiger partial charge in [0, 0.05) is 31.2 Å². The van der Waals surface area contributed by atoms with E-state index in [1.54, 1.807) is 11.3 Å². The molecule has 1 aliphatic heterocycles. The Hall–Kier alpha value is -1.99. The van der Waals surface area contributed by atoms with E-state index in [-0.39, 0.29) is 12.3 Å². The molecule has 31 heavy (non-hydrogen) atoms. The average Bonchev–Trinajstić information content (AvgIpc) is 3.22. The first-order valence-corrected chi connectivity index (χ1v) is 11.9. The Kier molecular flexibility index (Phi) is 7.23. The number of ether oxygens (including phenoxy) is 1. The molecule has 0 atom stereocenters. The lowest BCUT2D eigenvalue weighted by Gasteiger charge is -2.27. The van der Waals surface area contributed by atoms with Crippen LogP contribution in [0.1, 0.15) is 23.1 Å². The van der Waals surface area contributed by atoms with Crippen molar-refractivity contribution in [2.75, 3.05) is 44.3 Å². The Bertz CT molecular complexity index is 1020. The molecule has 0 unspecified atom stereocenters. The van der Waals surface area contributed by atoms with E-state index in [0.717, 1.165) is 65.7 Å². The van der Waals surface area contributed by atoms with Crippen molar-refractivity contribution in [1.29, 1.82) is 0 Å². The van der Waals surface area contributed by atoms with E-state index in [0.29, 0.717) is 11.6 Å². The van der Waals surface area contributed by atoms with E-state index < -0.39 is 0 Å². The topological polar surface area (TPSA) is 45.7 Å². The van der Waals surface area contributed by atoms with Crippen molar-refractivity contribution in [2.24, 2.45) is 0 Å². The molecule has 164 valence electrons. The second-order valence-corrected chi connectivity index (χ2v) is 9.38. The summed E-state index contributed by atoms with van der Waals surface area (Å²) in [5, 5.41) is 1.39. The van der Waals surface area contributed by atoms with E-state index >= 15 is 0 Å². The summed E-state index contributed by atoms with van der Waals surface area (Å²) in [5.74, 6) is 0.0319. The molecule has 3 aromatic rings. The van der Waals surface area contributed by atoms with Crippen LogP contribution in [0.2, 0.25) is 5.02 Å². The van der Waals surface area contributed by atoms with Crippen LogP contribution in [-0.2, 0) is 16.0 Å². The lowest BCUT2D eigenvalue weighted by molar-refractivity contribution is -0.118. The molecule has 5 nitrogen and oxygen atoms in total. The molecular weight excluding hydrogens is 430 g/mol. The minimum absolute atomic E-state index is 0.0319. The van der Waals surface area contributed by atoms with Gasteiger partial charge in [-0.15, -0.1) is 0 Å². The Morgan fingerprint density at radius 2 is 1.90 bits per heavy atom. The highest BCUT2D eigenvalue weighted by atomic mass is 35.5. The van der Waals surface area contributed by atoms with E-state index in [2.05, 4.69) is 30.9 Å². The van der Waals surface area contributed by atoms with Gasteiger partial charge in [-0.3, -0.25) is 14.6 Å². The molecule has 0 aliphatic carbocycles. The van der Waals surface area contributed by atoms with Gasteiger partial charge in [-0.2, -0.15) is 0 Å². The normalized spacial score (nSPS) is 14.8. The van der Waals surface area contributed by atoms with Crippen LogP contribution < -0.4 is 4.90 Å². The summed E-state index contributed by atoms with van der Waals surface area (Å²) >= 11 is 7.93. The number of hydrogen-bond donors (Lipinski definition) is 0. The zero-order chi connectivity index (χ0) is 21.8. The average molecular weight is 458 g/mol. The number of nitrogens with zero attached hydrogens (tertiary/aromatic N) is 3. The summed E-state index contributed by atoms with van der Waals surface area (Å²) in [6.45, 7) is 9.22. The number of benzene rings is 2. The smallest absolute Gasteiger partial charge is 0.233 e. The van der Waals surface area contributed by atoms with Crippen molar-refractivity contribution in [2.45, 2.75) is 26.7 Å². The van der Waals surface area contributed by atoms with Crippen LogP contribution in [0.25, 0.3) is 10.2 Å². The lowest BCUT2D eigenvalue weighted by atomic mass is 10.1. The molecule has 1 aromatic heterocycles. The number of carbonyl (C=O) groups excluding carboxylic acids is 1. The quantitative estimate of drug-likeness (QED) is 0.508. The summed E-state index contributed by atoms with van der Waals surface area (Å²) < 4.78 is 6.59. The summed E-state index contributed by atoms with van der Waals surface area (Å²) in [4.78, 5) is 22.5. The van der Waals surface area contributed by atoms with E-state index in [1.165, 1.54) is 5.56 Å². The number of carbonyl (C=O) groups is 1. The molecule has 2 heterocycles. The fraction of sp³-hybridized carbons (Fsp3) is 0.417. The van der Waals surface area contributed by atoms with Crippen LogP contribution in [0.5, 0.6) is 0 Å². The molecule has 0 N–H and O–H groups in total. The third-order valence-corrected chi connectivity index (χ3v) is 7.30. The first-order chi connectivity index (χ1) is 15.0. The van der Waals surface area contributed by atoms with E-state index in [4.69, 9.17) is 21.3 Å². The molecule has 0 radical (unpaired) electrons. The minimum Gasteiger partial charge on any atom is -0.379 e. The summed E-state index contributed by atoms with van der Waals surface area (Å²) in [6, 6.07) is 11.8. The number of amides is 1. The third kappa shape index (κ3) is 5.26. The SMILES string of the molecule is Cc1ccc(C)c2sc(N(CCCN3CCOCC3)C(=O)Cc3ccccc3Cl)nc12. The Morgan fingerprint density at radius 1 is 1.16 bits per heavy atom. The maximum absolute atomic E-state index is 13.4. The van der Waals surface area contributed by atoms with Crippen molar-refractivity contribution >= 4 is 44.2 Å². The molecular formula is C24H28ClN3O2S. The molecule has 2 aromatic carbocycles. The monoisotopic (exact) mass is 457 g/mol. The minimum atomic E-state index is 0.0319. The third-order valence-electron chi connectivity index (χ3n) is 5.72. The molecule has 1 fully saturated rings. The number of thiazole rings is 1. The number of halogens is 1. The highest BCUT2D eigenvalue weighted by Crippen LogP contribution is 2.33. The van der Waals surface area contributed by atoms with Gasteiger partial charge in [0.1, 0.15) is 0 Å². The van der Waals surface area contributed by atoms with Crippen molar-refractivity contribution in [3.8, 4) is 0 Å². The van der Waals surface area contributed by atoms with Crippen LogP contribution in [-0.4, -0.2) is 55.2 Å². The highest BCUT2D eigenvalue weighted by Gasteiger charge is 2.22. The van der Waals surface area contributed by atoms with Crippen molar-refractivity contribution < 1.29 is 9.53 Å². The summed E-state index contributed by atoms with van der Waals surface area (Å²) in [5.41, 5.74) is 4.16. The summed E-state index contributed by atoms with van der Waals surface area (Å²) in [7, 11) is 0. The van der Waals surface area contributed by atoms with Gasteiger partial charge >= 0.3 is 0 Å². The fourth-order valence-corrected chi connectivity index (χ4v) is 5.23. The molecule has 1 amide bonds. The van der Waals surface area contributed by atoms with Crippen molar-refractivity contribution in [1.82, 2.24) is 9.88 Å². The van der Waals surface area contributed by atoms with Crippen LogP contribution >= 0.6 is 22.9 Å². The first-order valence-electron chi connectivity index (χ1n) is 10.7. The van der Waals surface area contributed by atoms with Gasteiger partial charge < -0.3 is 4.74 Å². The Labute approximate surface area is 192 Å². The maximum atomic E-state index is 13.4. The number of morpholine rings is 1. The number of fused-ring (bicyclic) bond motifs is 1. The predicted octanol–water partition coefficient (Wildman–Crippen LogP) is 4.86. The van der Waals surface area contributed by atoms with Gasteiger partial charge in [0.15, 0.2) is 5.13 Å². The molecule has 0 saturated carbocycles. The molecule has 1 saturated heterocycles. The van der Waals surface area contributed by atoms with Gasteiger partial charge in [-0.05, 0) is 43.0 Å². The van der Waals surface area contributed by atoms with Crippen LogP contribution in [0.3, 0.4) is 0 Å². The zero-order valence-corrected chi connectivity index (χ0v) is 19.6. The molecule has 0 bridgehead atoms. The van der Waals surface area contributed by atoms with Crippen LogP contribution in [0, 0.1) is 13.8 Å². The van der Waals surface area contributed by atoms with Gasteiger partial charge in [-0.25, -0.2) is 4.98 Å². The first kappa shape index (κ1) is 22.2. The van der Waals surface area contributed by atoms with Gasteiger partial charge in [0.25, 0.3) is 0 Å². The molecule has 0 spiro atoms. The molecule has 4 rings (SSSR count). The highest BCUT2D eigenvalue weighted by molar-refractivity contribution is 7.22. The number of aryl methyl sites for hydroxylation is 2. The van der Waals surface area contributed by atoms with Crippen molar-refractivity contribution in [3.05, 3.63) is 58.1 Å². The zero-order valence-electron chi connectivity index (χ0n) is 18.1. The van der Waals surface area contributed by atoms with Crippen molar-refractivity contribution in [3.63, 3.8) is 0 Å². The number of aromatic nitrogens is 1. The maximum Gasteiger partial charge on any atom is 0.233 e. The fourth-order valence-electron chi connectivity index (χ4n) is 3.87. The standard InChI is InChI=1S/C24H28ClN3O2S/c1-17-8-9-18(2)23-22(17)26-24(31-23)28(11-5-10-27-12-14-30-15-13-27)21(29)16-19-6-3-4-7-20(19)25/h3-4,6-9H,5,10-16H2,1-2H3. The summed E-state index contributed by atoms with van der Waals surface area (Å²) in [6.07, 6.45) is 1.16. The van der Waals surface area contributed by atoms with E-state index in [1.807, 2.05) is 29.2 Å². The predicted molar refractivity (Wildman–Crippen MR) is 128 cm³/mol. The van der Waals surface area contributed by atoms with E-state index in [9.17, 15) is 4.79 Å². The lowest BCUT2D eigenvalue weighted by Crippen LogP contribution is -2.39. The van der Waals surface area contributed by atoms with Crippen LogP contribution in [0.15, 0.2) is 36.4 Å². The second kappa shape index (κ2) is 10.1. The molecule has 7 heteroatoms. The van der Waals surface area contributed by atoms with Gasteiger partial charge in [0.05, 0.1) is 29.9 Å². The number of rotatable bonds is 7. The number of hydrogen-bond acceptors (Lipinski definition) is 5. The van der Waals surface area contributed by atoms with Gasteiger partial charge in [-0.1, -0.05) is 53.3 Å². The number of anilines is 1. The molecule has 1 aliphatic rings. The Balaban J connectivity index is 1.57. The second-order valence-electron chi connectivity index (χ2n) is 7.99. The van der Waals surface area contributed by atoms with Gasteiger partial charge in [0.2, 0.25) is 5.91 Å². The largest absolute Gasteiger partial charge is 0.379 e.